The van der Waals surface area contributed by atoms with E-state index in [-0.39, 0.29) is 33.8 Å². The lowest BCUT2D eigenvalue weighted by Gasteiger charge is -2.17. The molecule has 45 heavy (non-hydrogen) atoms. The topological polar surface area (TPSA) is 190 Å². The fourth-order valence-corrected chi connectivity index (χ4v) is 4.82. The molecular weight excluding hydrogens is 584 g/mol. The smallest absolute Gasteiger partial charge is 0.335 e. The highest BCUT2D eigenvalue weighted by molar-refractivity contribution is 6.08. The van der Waals surface area contributed by atoms with Gasteiger partial charge in [-0.05, 0) is 60.4 Å². The van der Waals surface area contributed by atoms with Crippen molar-refractivity contribution in [3.05, 3.63) is 139 Å². The molecule has 0 aromatic heterocycles. The van der Waals surface area contributed by atoms with Crippen molar-refractivity contribution in [3.8, 4) is 0 Å². The second-order valence-electron chi connectivity index (χ2n) is 9.77. The lowest BCUT2D eigenvalue weighted by Crippen LogP contribution is -2.28. The van der Waals surface area contributed by atoms with Crippen molar-refractivity contribution in [2.75, 3.05) is 23.3 Å². The first kappa shape index (κ1) is 31.7. The van der Waals surface area contributed by atoms with Gasteiger partial charge in [-0.3, -0.25) is 34.6 Å². The van der Waals surface area contributed by atoms with Crippen LogP contribution in [0.15, 0.2) is 84.9 Å². The first-order valence-corrected chi connectivity index (χ1v) is 13.6. The summed E-state index contributed by atoms with van der Waals surface area (Å²) in [4.78, 5) is 65.8. The molecule has 0 fully saturated rings. The number of nitrogens with one attached hydrogen (secondary N) is 1. The van der Waals surface area contributed by atoms with E-state index in [0.29, 0.717) is 19.1 Å². The molecule has 0 aliphatic carbocycles. The Morgan fingerprint density at radius 1 is 0.756 bits per heavy atom. The molecule has 6 rings (SSSR count). The normalized spacial score (nSPS) is 12.1. The molecule has 4 aromatic carbocycles. The third-order valence-electron chi connectivity index (χ3n) is 7.06. The summed E-state index contributed by atoms with van der Waals surface area (Å²) in [5.74, 6) is -1.57. The van der Waals surface area contributed by atoms with E-state index in [0.717, 1.165) is 48.5 Å². The second-order valence-corrected chi connectivity index (χ2v) is 9.77. The number of carbonyl (C=O) groups excluding carboxylic acids is 3. The lowest BCUT2D eigenvalue weighted by atomic mass is 10.1. The number of aromatic carboxylic acids is 1. The average Bonchev–Trinajstić information content (AvgIpc) is 3.72. The van der Waals surface area contributed by atoms with Gasteiger partial charge in [-0.2, -0.15) is 0 Å². The summed E-state index contributed by atoms with van der Waals surface area (Å²) in [6.45, 7) is 1.65. The van der Waals surface area contributed by atoms with Crippen LogP contribution < -0.4 is 10.2 Å². The van der Waals surface area contributed by atoms with Crippen molar-refractivity contribution in [2.45, 2.75) is 12.8 Å². The van der Waals surface area contributed by atoms with E-state index in [1.807, 2.05) is 24.3 Å². The van der Waals surface area contributed by atoms with Crippen LogP contribution in [0.3, 0.4) is 0 Å². The predicted octanol–water partition coefficient (Wildman–Crippen LogP) is 5.37. The molecule has 13 heteroatoms. The summed E-state index contributed by atoms with van der Waals surface area (Å²) < 4.78 is 0. The van der Waals surface area contributed by atoms with Crippen LogP contribution >= 0.6 is 0 Å². The molecule has 228 valence electrons. The van der Waals surface area contributed by atoms with Crippen molar-refractivity contribution in [3.63, 3.8) is 0 Å². The van der Waals surface area contributed by atoms with Gasteiger partial charge in [-0.1, -0.05) is 36.4 Å². The molecule has 0 bridgehead atoms. The molecule has 0 saturated heterocycles. The van der Waals surface area contributed by atoms with Crippen LogP contribution in [-0.2, 0) is 12.8 Å². The maximum absolute atomic E-state index is 12.6. The first-order valence-electron chi connectivity index (χ1n) is 13.6. The van der Waals surface area contributed by atoms with E-state index in [1.165, 1.54) is 29.8 Å². The van der Waals surface area contributed by atoms with Crippen molar-refractivity contribution < 1.29 is 34.1 Å². The minimum atomic E-state index is -1.27. The van der Waals surface area contributed by atoms with Gasteiger partial charge < -0.3 is 15.3 Å². The van der Waals surface area contributed by atoms with Gasteiger partial charge in [-0.25, -0.2) is 4.79 Å². The Balaban J connectivity index is 0.000000170. The van der Waals surface area contributed by atoms with Crippen LogP contribution in [-0.4, -0.2) is 52.5 Å². The van der Waals surface area contributed by atoms with E-state index in [9.17, 15) is 39.4 Å². The number of benzene rings is 4. The standard InChI is InChI=1S/C16H12N2O4.C8H5NO5.C8H9N/c19-10-13-6-5-12(9-15(13)18(21)22)16(20)17-8-7-11-3-1-2-4-14(11)17;10-4-6-2-1-5(8(11)12)3-7(6)9(13)14;1-2-4-8-7(3-1)5-6-9-8/h1-6,9-10H,7-8H2;1-4H,(H,11,12);1-4,9H,5-6H2. The quantitative estimate of drug-likeness (QED) is 0.163. The number of amides is 1. The van der Waals surface area contributed by atoms with Gasteiger partial charge in [0, 0.05) is 42.2 Å². The summed E-state index contributed by atoms with van der Waals surface area (Å²) in [7, 11) is 0. The van der Waals surface area contributed by atoms with E-state index in [4.69, 9.17) is 5.11 Å². The van der Waals surface area contributed by atoms with E-state index in [1.54, 1.807) is 4.90 Å². The van der Waals surface area contributed by atoms with E-state index < -0.39 is 21.5 Å². The molecule has 0 unspecified atom stereocenters. The zero-order valence-corrected chi connectivity index (χ0v) is 23.6. The number of nitro benzene ring substituents is 2. The number of carboxylic acids is 1. The molecule has 13 nitrogen and oxygen atoms in total. The third-order valence-corrected chi connectivity index (χ3v) is 7.06. The summed E-state index contributed by atoms with van der Waals surface area (Å²) in [6.07, 6.45) is 2.67. The number of hydrogen-bond donors (Lipinski definition) is 2. The minimum absolute atomic E-state index is 0.0385. The Labute approximate surface area is 256 Å². The Bertz CT molecular complexity index is 1780. The summed E-state index contributed by atoms with van der Waals surface area (Å²) in [5, 5.41) is 33.2. The Morgan fingerprint density at radius 2 is 1.31 bits per heavy atom. The van der Waals surface area contributed by atoms with Crippen molar-refractivity contribution in [1.29, 1.82) is 0 Å². The van der Waals surface area contributed by atoms with E-state index >= 15 is 0 Å². The van der Waals surface area contributed by atoms with Crippen molar-refractivity contribution in [2.24, 2.45) is 0 Å². The van der Waals surface area contributed by atoms with Gasteiger partial charge in [0.25, 0.3) is 17.3 Å². The summed E-state index contributed by atoms with van der Waals surface area (Å²) in [6, 6.07) is 23.0. The number of carboxylic acid groups (broad SMARTS) is 1. The molecule has 2 aliphatic rings. The number of para-hydroxylation sites is 2. The number of hydrogen-bond acceptors (Lipinski definition) is 9. The highest BCUT2D eigenvalue weighted by Gasteiger charge is 2.27. The fraction of sp³-hybridized carbons (Fsp3) is 0.125. The molecule has 0 atom stereocenters. The van der Waals surface area contributed by atoms with Crippen LogP contribution in [0.2, 0.25) is 0 Å². The molecule has 0 spiro atoms. The van der Waals surface area contributed by atoms with Crippen LogP contribution in [0.1, 0.15) is 52.6 Å². The highest BCUT2D eigenvalue weighted by atomic mass is 16.6. The number of aldehydes is 2. The van der Waals surface area contributed by atoms with Crippen LogP contribution in [0.4, 0.5) is 22.7 Å². The number of carbonyl (C=O) groups is 4. The Hall–Kier alpha value is -6.24. The number of nitrogens with zero attached hydrogens (tertiary/aromatic N) is 3. The molecule has 0 radical (unpaired) electrons. The van der Waals surface area contributed by atoms with Gasteiger partial charge in [0.1, 0.15) is 0 Å². The Morgan fingerprint density at radius 3 is 1.89 bits per heavy atom. The van der Waals surface area contributed by atoms with Gasteiger partial charge in [0.15, 0.2) is 12.6 Å². The summed E-state index contributed by atoms with van der Waals surface area (Å²) in [5.41, 5.74) is 3.63. The lowest BCUT2D eigenvalue weighted by molar-refractivity contribution is -0.385. The maximum atomic E-state index is 12.6. The monoisotopic (exact) mass is 610 g/mol. The second kappa shape index (κ2) is 14.3. The molecule has 4 aromatic rings. The molecule has 0 saturated carbocycles. The van der Waals surface area contributed by atoms with Crippen molar-refractivity contribution in [1.82, 2.24) is 0 Å². The highest BCUT2D eigenvalue weighted by Crippen LogP contribution is 2.30. The maximum Gasteiger partial charge on any atom is 0.335 e. The minimum Gasteiger partial charge on any atom is -0.478 e. The third kappa shape index (κ3) is 7.40. The van der Waals surface area contributed by atoms with Gasteiger partial charge in [0.05, 0.1) is 26.5 Å². The molecule has 1 amide bonds. The fourth-order valence-electron chi connectivity index (χ4n) is 4.82. The van der Waals surface area contributed by atoms with Gasteiger partial charge >= 0.3 is 5.97 Å². The zero-order valence-electron chi connectivity index (χ0n) is 23.6. The molecular formula is C32H26N4O9. The Kier molecular flexibility index (Phi) is 10.1. The summed E-state index contributed by atoms with van der Waals surface area (Å²) >= 11 is 0. The van der Waals surface area contributed by atoms with E-state index in [2.05, 4.69) is 29.6 Å². The van der Waals surface area contributed by atoms with Gasteiger partial charge in [0.2, 0.25) is 0 Å². The van der Waals surface area contributed by atoms with Crippen LogP contribution in [0.25, 0.3) is 0 Å². The number of rotatable bonds is 6. The number of anilines is 2. The molecule has 2 N–H and O–H groups in total. The first-order chi connectivity index (χ1) is 21.6. The molecule has 2 heterocycles. The van der Waals surface area contributed by atoms with Crippen LogP contribution in [0.5, 0.6) is 0 Å². The van der Waals surface area contributed by atoms with Crippen molar-refractivity contribution >= 4 is 47.2 Å². The largest absolute Gasteiger partial charge is 0.478 e. The van der Waals surface area contributed by atoms with Crippen LogP contribution in [0, 0.1) is 20.2 Å². The zero-order chi connectivity index (χ0) is 32.5. The average molecular weight is 611 g/mol. The predicted molar refractivity (Wildman–Crippen MR) is 164 cm³/mol. The molecule has 2 aliphatic heterocycles. The number of nitro groups is 2. The SMILES string of the molecule is O=Cc1ccc(C(=O)N2CCc3ccccc32)cc1[N+](=O)[O-].O=Cc1ccc(C(=O)O)cc1[N+](=O)[O-].c1ccc2c(c1)CCN2. The van der Waals surface area contributed by atoms with Gasteiger partial charge in [-0.15, -0.1) is 0 Å². The number of fused-ring (bicyclic) bond motifs is 2.